The Bertz CT molecular complexity index is 924. The highest BCUT2D eigenvalue weighted by molar-refractivity contribution is 5.95. The van der Waals surface area contributed by atoms with Gasteiger partial charge in [0.15, 0.2) is 0 Å². The molecule has 32 heavy (non-hydrogen) atoms. The van der Waals surface area contributed by atoms with Crippen molar-refractivity contribution in [1.82, 2.24) is 19.8 Å². The number of para-hydroxylation sites is 1. The molecule has 1 amide bonds. The van der Waals surface area contributed by atoms with Crippen LogP contribution in [0.4, 0.5) is 0 Å². The topological polar surface area (TPSA) is 58.6 Å². The van der Waals surface area contributed by atoms with Gasteiger partial charge >= 0.3 is 0 Å². The summed E-state index contributed by atoms with van der Waals surface area (Å²) in [7, 11) is 0. The summed E-state index contributed by atoms with van der Waals surface area (Å²) in [6.45, 7) is 10.5. The maximum atomic E-state index is 12.9. The lowest BCUT2D eigenvalue weighted by atomic mass is 10.1. The fourth-order valence-corrected chi connectivity index (χ4v) is 4.68. The Morgan fingerprint density at radius 3 is 2.66 bits per heavy atom. The van der Waals surface area contributed by atoms with Gasteiger partial charge in [0.25, 0.3) is 5.91 Å². The van der Waals surface area contributed by atoms with E-state index in [1.807, 2.05) is 17.9 Å². The number of likely N-dealkylation sites (tertiary alicyclic amines) is 2. The summed E-state index contributed by atoms with van der Waals surface area (Å²) in [6, 6.07) is 8.49. The minimum absolute atomic E-state index is 0.0771. The number of ether oxygens (including phenoxy) is 1. The molecule has 0 N–H and O–H groups in total. The summed E-state index contributed by atoms with van der Waals surface area (Å²) in [4.78, 5) is 26.8. The van der Waals surface area contributed by atoms with Crippen LogP contribution in [0, 0.1) is 12.8 Å². The molecule has 172 valence electrons. The molecule has 1 aromatic carbocycles. The molecule has 2 aliphatic rings. The van der Waals surface area contributed by atoms with E-state index in [1.165, 1.54) is 12.0 Å². The number of hydrogen-bond acceptors (Lipinski definition) is 5. The van der Waals surface area contributed by atoms with E-state index in [2.05, 4.69) is 41.9 Å². The molecule has 2 fully saturated rings. The molecule has 0 radical (unpaired) electrons. The zero-order valence-electron chi connectivity index (χ0n) is 19.7. The molecule has 3 heterocycles. The summed E-state index contributed by atoms with van der Waals surface area (Å²) >= 11 is 0. The summed E-state index contributed by atoms with van der Waals surface area (Å²) in [5, 5.41) is 0. The van der Waals surface area contributed by atoms with Gasteiger partial charge in [-0.05, 0) is 57.6 Å². The second-order valence-electron chi connectivity index (χ2n) is 9.52. The highest BCUT2D eigenvalue weighted by Crippen LogP contribution is 2.33. The van der Waals surface area contributed by atoms with Crippen molar-refractivity contribution in [1.29, 1.82) is 0 Å². The van der Waals surface area contributed by atoms with Crippen molar-refractivity contribution in [3.05, 3.63) is 53.1 Å². The molecule has 2 saturated heterocycles. The van der Waals surface area contributed by atoms with Crippen molar-refractivity contribution < 1.29 is 9.53 Å². The van der Waals surface area contributed by atoms with Gasteiger partial charge in [0, 0.05) is 31.4 Å². The smallest absolute Gasteiger partial charge is 0.257 e. The van der Waals surface area contributed by atoms with E-state index in [0.717, 1.165) is 75.7 Å². The third kappa shape index (κ3) is 5.29. The SMILES string of the molecule is Cc1nc([C@@H]2CCCN2Cc2ccccc2OCC(C)C)ncc1C(=O)N1CCCCC1. The van der Waals surface area contributed by atoms with Crippen LogP contribution in [0.3, 0.4) is 0 Å². The van der Waals surface area contributed by atoms with Crippen LogP contribution in [0.25, 0.3) is 0 Å². The standard InChI is InChI=1S/C26H36N4O2/c1-19(2)18-32-24-12-6-5-10-21(24)17-30-15-9-11-23(30)25-27-16-22(20(3)28-25)26(31)29-13-7-4-8-14-29/h5-6,10,12,16,19,23H,4,7-9,11,13-15,17-18H2,1-3H3/t23-/m0/s1. The van der Waals surface area contributed by atoms with E-state index >= 15 is 0 Å². The molecule has 0 spiro atoms. The number of piperidine rings is 1. The number of aromatic nitrogens is 2. The highest BCUT2D eigenvalue weighted by Gasteiger charge is 2.30. The largest absolute Gasteiger partial charge is 0.493 e. The van der Waals surface area contributed by atoms with E-state index in [9.17, 15) is 4.79 Å². The predicted octanol–water partition coefficient (Wildman–Crippen LogP) is 4.78. The summed E-state index contributed by atoms with van der Waals surface area (Å²) in [5.41, 5.74) is 2.64. The predicted molar refractivity (Wildman–Crippen MR) is 126 cm³/mol. The Hall–Kier alpha value is -2.47. The lowest BCUT2D eigenvalue weighted by molar-refractivity contribution is 0.0722. The van der Waals surface area contributed by atoms with Crippen LogP contribution in [0.5, 0.6) is 5.75 Å². The third-order valence-electron chi connectivity index (χ3n) is 6.45. The molecule has 1 aromatic heterocycles. The van der Waals surface area contributed by atoms with Gasteiger partial charge in [-0.1, -0.05) is 32.0 Å². The Labute approximate surface area is 192 Å². The monoisotopic (exact) mass is 436 g/mol. The first kappa shape index (κ1) is 22.7. The van der Waals surface area contributed by atoms with E-state index in [1.54, 1.807) is 6.20 Å². The van der Waals surface area contributed by atoms with Gasteiger partial charge in [0.05, 0.1) is 23.9 Å². The van der Waals surface area contributed by atoms with E-state index < -0.39 is 0 Å². The van der Waals surface area contributed by atoms with Gasteiger partial charge < -0.3 is 9.64 Å². The quantitative estimate of drug-likeness (QED) is 0.625. The van der Waals surface area contributed by atoms with Crippen molar-refractivity contribution in [2.75, 3.05) is 26.2 Å². The van der Waals surface area contributed by atoms with Crippen LogP contribution < -0.4 is 4.74 Å². The van der Waals surface area contributed by atoms with Gasteiger partial charge in [-0.2, -0.15) is 0 Å². The number of benzene rings is 1. The van der Waals surface area contributed by atoms with Crippen molar-refractivity contribution in [2.45, 2.75) is 65.5 Å². The molecule has 2 aliphatic heterocycles. The molecule has 4 rings (SSSR count). The number of carbonyl (C=O) groups is 1. The van der Waals surface area contributed by atoms with Crippen LogP contribution in [-0.2, 0) is 6.54 Å². The number of rotatable bonds is 7. The van der Waals surface area contributed by atoms with E-state index in [0.29, 0.717) is 11.5 Å². The maximum Gasteiger partial charge on any atom is 0.257 e. The first-order valence-corrected chi connectivity index (χ1v) is 12.1. The summed E-state index contributed by atoms with van der Waals surface area (Å²) in [5.74, 6) is 2.36. The molecular weight excluding hydrogens is 400 g/mol. The molecule has 0 saturated carbocycles. The first-order chi connectivity index (χ1) is 15.5. The number of amides is 1. The summed E-state index contributed by atoms with van der Waals surface area (Å²) < 4.78 is 6.07. The second-order valence-corrected chi connectivity index (χ2v) is 9.52. The lowest BCUT2D eigenvalue weighted by Gasteiger charge is -2.27. The van der Waals surface area contributed by atoms with Crippen LogP contribution in [0.2, 0.25) is 0 Å². The zero-order valence-corrected chi connectivity index (χ0v) is 19.7. The average Bonchev–Trinajstić information content (AvgIpc) is 3.26. The molecule has 0 unspecified atom stereocenters. The highest BCUT2D eigenvalue weighted by atomic mass is 16.5. The van der Waals surface area contributed by atoms with Gasteiger partial charge in [-0.25, -0.2) is 9.97 Å². The van der Waals surface area contributed by atoms with Crippen molar-refractivity contribution in [2.24, 2.45) is 5.92 Å². The van der Waals surface area contributed by atoms with Crippen LogP contribution in [-0.4, -0.2) is 51.9 Å². The Kier molecular flexibility index (Phi) is 7.40. The molecule has 6 nitrogen and oxygen atoms in total. The molecule has 6 heteroatoms. The minimum atomic E-state index is 0.0771. The Morgan fingerprint density at radius 2 is 1.91 bits per heavy atom. The fraction of sp³-hybridized carbons (Fsp3) is 0.577. The number of nitrogens with zero attached hydrogens (tertiary/aromatic N) is 4. The molecular formula is C26H36N4O2. The van der Waals surface area contributed by atoms with Gasteiger partial charge in [-0.3, -0.25) is 9.69 Å². The van der Waals surface area contributed by atoms with E-state index in [4.69, 9.17) is 9.72 Å². The summed E-state index contributed by atoms with van der Waals surface area (Å²) in [6.07, 6.45) is 7.29. The number of carbonyl (C=O) groups excluding carboxylic acids is 1. The lowest BCUT2D eigenvalue weighted by Crippen LogP contribution is -2.36. The van der Waals surface area contributed by atoms with Gasteiger partial charge in [0.2, 0.25) is 0 Å². The van der Waals surface area contributed by atoms with Gasteiger partial charge in [0.1, 0.15) is 11.6 Å². The average molecular weight is 437 g/mol. The zero-order chi connectivity index (χ0) is 22.5. The fourth-order valence-electron chi connectivity index (χ4n) is 4.68. The first-order valence-electron chi connectivity index (χ1n) is 12.1. The van der Waals surface area contributed by atoms with Crippen molar-refractivity contribution in [3.63, 3.8) is 0 Å². The minimum Gasteiger partial charge on any atom is -0.493 e. The van der Waals surface area contributed by atoms with Crippen molar-refractivity contribution >= 4 is 5.91 Å². The molecule has 1 atom stereocenters. The third-order valence-corrected chi connectivity index (χ3v) is 6.45. The van der Waals surface area contributed by atoms with Crippen LogP contribution in [0.15, 0.2) is 30.5 Å². The van der Waals surface area contributed by atoms with Crippen molar-refractivity contribution in [3.8, 4) is 5.75 Å². The molecule has 2 aromatic rings. The normalized spacial score (nSPS) is 19.5. The number of hydrogen-bond donors (Lipinski definition) is 0. The maximum absolute atomic E-state index is 12.9. The second kappa shape index (κ2) is 10.4. The Balaban J connectivity index is 1.48. The molecule has 0 bridgehead atoms. The van der Waals surface area contributed by atoms with Crippen LogP contribution >= 0.6 is 0 Å². The Morgan fingerprint density at radius 1 is 1.12 bits per heavy atom. The van der Waals surface area contributed by atoms with Gasteiger partial charge in [-0.15, -0.1) is 0 Å². The number of aryl methyl sites for hydroxylation is 1. The van der Waals surface area contributed by atoms with E-state index in [-0.39, 0.29) is 11.9 Å². The molecule has 0 aliphatic carbocycles. The van der Waals surface area contributed by atoms with Crippen LogP contribution in [0.1, 0.15) is 79.4 Å².